The van der Waals surface area contributed by atoms with E-state index in [2.05, 4.69) is 23.5 Å². The molecule has 2 aromatic rings. The summed E-state index contributed by atoms with van der Waals surface area (Å²) < 4.78 is 5.77. The number of aliphatic hydroxyl groups excluding tert-OH is 3. The molecule has 1 saturated heterocycles. The van der Waals surface area contributed by atoms with Crippen molar-refractivity contribution in [1.82, 2.24) is 0 Å². The van der Waals surface area contributed by atoms with Crippen molar-refractivity contribution in [2.45, 2.75) is 48.8 Å². The first kappa shape index (κ1) is 20.0. The number of benzene rings is 2. The molecule has 1 fully saturated rings. The highest BCUT2D eigenvalue weighted by atomic mass is 35.5. The van der Waals surface area contributed by atoms with Crippen molar-refractivity contribution in [3.05, 3.63) is 58.1 Å². The van der Waals surface area contributed by atoms with Crippen LogP contribution in [0.3, 0.4) is 0 Å². The van der Waals surface area contributed by atoms with Crippen molar-refractivity contribution in [1.29, 1.82) is 0 Å². The fourth-order valence-electron chi connectivity index (χ4n) is 3.75. The predicted octanol–water partition coefficient (Wildman–Crippen LogP) is 2.99. The number of fused-ring (bicyclic) bond motifs is 1. The third-order valence-electron chi connectivity index (χ3n) is 5.36. The average molecular weight is 422 g/mol. The maximum atomic E-state index is 10.4. The van der Waals surface area contributed by atoms with E-state index in [4.69, 9.17) is 16.3 Å². The zero-order valence-electron chi connectivity index (χ0n) is 15.5. The number of hydrogen-bond acceptors (Lipinski definition) is 6. The summed E-state index contributed by atoms with van der Waals surface area (Å²) in [7, 11) is 0. The minimum atomic E-state index is -1.25. The Bertz CT molecular complexity index is 864. The number of ether oxygens (including phenoxy) is 1. The molecule has 2 aliphatic heterocycles. The predicted molar refractivity (Wildman–Crippen MR) is 111 cm³/mol. The standard InChI is InChI=1S/C21H24ClNO4S/c1-11-18(24)19(25)20(26)21(27-11)13-3-4-15(22)14(10-13)8-12-2-5-17-16(9-12)23-6-7-28-17/h2-5,9-11,18-21,23-26H,6-8H2,1H3/t11-,18-,19+,20-,21+/m1/s1. The van der Waals surface area contributed by atoms with Gasteiger partial charge in [0.15, 0.2) is 0 Å². The fourth-order valence-corrected chi connectivity index (χ4v) is 4.81. The van der Waals surface area contributed by atoms with Gasteiger partial charge in [-0.3, -0.25) is 0 Å². The van der Waals surface area contributed by atoms with E-state index < -0.39 is 30.5 Å². The first-order chi connectivity index (χ1) is 13.4. The molecule has 4 rings (SSSR count). The lowest BCUT2D eigenvalue weighted by atomic mass is 9.90. The smallest absolute Gasteiger partial charge is 0.113 e. The van der Waals surface area contributed by atoms with E-state index in [1.807, 2.05) is 17.8 Å². The zero-order chi connectivity index (χ0) is 19.8. The summed E-state index contributed by atoms with van der Waals surface area (Å²) in [6.07, 6.45) is -4.21. The SMILES string of the molecule is C[C@H]1O[C@@H](c2ccc(Cl)c(Cc3ccc4c(c3)NCCS4)c2)[C@H](O)[C@@H](O)[C@@H]1O. The van der Waals surface area contributed by atoms with Crippen LogP contribution in [0.1, 0.15) is 29.7 Å². The molecule has 2 aromatic carbocycles. The van der Waals surface area contributed by atoms with Gasteiger partial charge in [-0.1, -0.05) is 29.8 Å². The van der Waals surface area contributed by atoms with E-state index in [-0.39, 0.29) is 0 Å². The van der Waals surface area contributed by atoms with E-state index in [1.54, 1.807) is 19.1 Å². The van der Waals surface area contributed by atoms with Crippen LogP contribution in [-0.4, -0.2) is 52.0 Å². The largest absolute Gasteiger partial charge is 0.388 e. The van der Waals surface area contributed by atoms with Crippen LogP contribution in [-0.2, 0) is 11.2 Å². The average Bonchev–Trinajstić information content (AvgIpc) is 2.71. The molecule has 0 spiro atoms. The molecule has 0 radical (unpaired) electrons. The van der Waals surface area contributed by atoms with Gasteiger partial charge >= 0.3 is 0 Å². The van der Waals surface area contributed by atoms with Gasteiger partial charge in [0.1, 0.15) is 24.4 Å². The third-order valence-corrected chi connectivity index (χ3v) is 6.81. The van der Waals surface area contributed by atoms with E-state index in [0.29, 0.717) is 11.4 Å². The Balaban J connectivity index is 1.59. The van der Waals surface area contributed by atoms with Crippen LogP contribution in [0.15, 0.2) is 41.3 Å². The van der Waals surface area contributed by atoms with Crippen molar-refractivity contribution in [2.75, 3.05) is 17.6 Å². The lowest BCUT2D eigenvalue weighted by Crippen LogP contribution is -2.53. The maximum Gasteiger partial charge on any atom is 0.113 e. The van der Waals surface area contributed by atoms with Crippen LogP contribution in [0, 0.1) is 0 Å². The van der Waals surface area contributed by atoms with Gasteiger partial charge in [-0.15, -0.1) is 11.8 Å². The Morgan fingerprint density at radius 2 is 1.93 bits per heavy atom. The maximum absolute atomic E-state index is 10.4. The molecule has 5 atom stereocenters. The molecule has 7 heteroatoms. The number of halogens is 1. The zero-order valence-corrected chi connectivity index (χ0v) is 17.1. The number of thioether (sulfide) groups is 1. The van der Waals surface area contributed by atoms with Gasteiger partial charge in [-0.05, 0) is 48.2 Å². The molecule has 0 saturated carbocycles. The van der Waals surface area contributed by atoms with Crippen molar-refractivity contribution >= 4 is 29.1 Å². The molecular formula is C21H24ClNO4S. The summed E-state index contributed by atoms with van der Waals surface area (Å²) >= 11 is 8.28. The van der Waals surface area contributed by atoms with Gasteiger partial charge in [0.2, 0.25) is 0 Å². The van der Waals surface area contributed by atoms with Gasteiger partial charge in [0.25, 0.3) is 0 Å². The molecule has 0 aromatic heterocycles. The van der Waals surface area contributed by atoms with Crippen molar-refractivity contribution in [3.8, 4) is 0 Å². The Kier molecular flexibility index (Phi) is 5.88. The number of rotatable bonds is 3. The molecule has 0 aliphatic carbocycles. The number of aliphatic hydroxyl groups is 3. The van der Waals surface area contributed by atoms with Crippen molar-refractivity contribution in [2.24, 2.45) is 0 Å². The molecule has 150 valence electrons. The van der Waals surface area contributed by atoms with Crippen LogP contribution in [0.5, 0.6) is 0 Å². The van der Waals surface area contributed by atoms with Gasteiger partial charge in [0.05, 0.1) is 6.10 Å². The minimum absolute atomic E-state index is 0.577. The number of nitrogens with one attached hydrogen (secondary N) is 1. The number of anilines is 1. The van der Waals surface area contributed by atoms with E-state index >= 15 is 0 Å². The normalized spacial score (nSPS) is 29.8. The van der Waals surface area contributed by atoms with E-state index in [1.165, 1.54) is 4.90 Å². The highest BCUT2D eigenvalue weighted by molar-refractivity contribution is 7.99. The molecule has 2 heterocycles. The molecule has 28 heavy (non-hydrogen) atoms. The highest BCUT2D eigenvalue weighted by Gasteiger charge is 2.42. The molecular weight excluding hydrogens is 398 g/mol. The molecule has 0 bridgehead atoms. The van der Waals surface area contributed by atoms with Crippen LogP contribution >= 0.6 is 23.4 Å². The molecule has 0 amide bonds. The summed E-state index contributed by atoms with van der Waals surface area (Å²) in [5.41, 5.74) is 3.95. The molecule has 4 N–H and O–H groups in total. The second kappa shape index (κ2) is 8.22. The summed E-state index contributed by atoms with van der Waals surface area (Å²) in [5, 5.41) is 34.5. The summed E-state index contributed by atoms with van der Waals surface area (Å²) in [6, 6.07) is 11.9. The van der Waals surface area contributed by atoms with Gasteiger partial charge < -0.3 is 25.4 Å². The first-order valence-corrected chi connectivity index (χ1v) is 10.8. The Morgan fingerprint density at radius 3 is 2.75 bits per heavy atom. The topological polar surface area (TPSA) is 82.0 Å². The Hall–Kier alpha value is -1.28. The monoisotopic (exact) mass is 421 g/mol. The Morgan fingerprint density at radius 1 is 1.11 bits per heavy atom. The van der Waals surface area contributed by atoms with Crippen LogP contribution in [0.2, 0.25) is 5.02 Å². The van der Waals surface area contributed by atoms with Crippen molar-refractivity contribution in [3.63, 3.8) is 0 Å². The summed E-state index contributed by atoms with van der Waals surface area (Å²) in [4.78, 5) is 1.26. The first-order valence-electron chi connectivity index (χ1n) is 9.41. The summed E-state index contributed by atoms with van der Waals surface area (Å²) in [5.74, 6) is 1.07. The fraction of sp³-hybridized carbons (Fsp3) is 0.429. The van der Waals surface area contributed by atoms with Gasteiger partial charge in [0, 0.05) is 27.9 Å². The third kappa shape index (κ3) is 3.90. The van der Waals surface area contributed by atoms with Crippen molar-refractivity contribution < 1.29 is 20.1 Å². The van der Waals surface area contributed by atoms with E-state index in [0.717, 1.165) is 34.7 Å². The lowest BCUT2D eigenvalue weighted by Gasteiger charge is -2.39. The second-order valence-electron chi connectivity index (χ2n) is 7.37. The van der Waals surface area contributed by atoms with Crippen LogP contribution in [0.25, 0.3) is 0 Å². The van der Waals surface area contributed by atoms with Crippen LogP contribution < -0.4 is 5.32 Å². The van der Waals surface area contributed by atoms with Crippen LogP contribution in [0.4, 0.5) is 5.69 Å². The number of hydrogen-bond donors (Lipinski definition) is 4. The summed E-state index contributed by atoms with van der Waals surface area (Å²) in [6.45, 7) is 2.64. The Labute approximate surface area is 173 Å². The second-order valence-corrected chi connectivity index (χ2v) is 8.91. The van der Waals surface area contributed by atoms with Gasteiger partial charge in [-0.25, -0.2) is 0 Å². The lowest BCUT2D eigenvalue weighted by molar-refractivity contribution is -0.219. The highest BCUT2D eigenvalue weighted by Crippen LogP contribution is 2.35. The molecule has 0 unspecified atom stereocenters. The molecule has 2 aliphatic rings. The van der Waals surface area contributed by atoms with Gasteiger partial charge in [-0.2, -0.15) is 0 Å². The van der Waals surface area contributed by atoms with E-state index in [9.17, 15) is 15.3 Å². The minimum Gasteiger partial charge on any atom is -0.388 e. The molecule has 5 nitrogen and oxygen atoms in total. The quantitative estimate of drug-likeness (QED) is 0.610.